The molecule has 35 heavy (non-hydrogen) atoms. The van der Waals surface area contributed by atoms with Gasteiger partial charge in [0.05, 0.1) is 25.3 Å². The van der Waals surface area contributed by atoms with Crippen LogP contribution in [0.5, 0.6) is 0 Å². The molecule has 0 radical (unpaired) electrons. The third-order valence-corrected chi connectivity index (χ3v) is 8.34. The number of nitrogens with zero attached hydrogens (tertiary/aromatic N) is 4. The number of morpholine rings is 1. The van der Waals surface area contributed by atoms with Gasteiger partial charge in [0.15, 0.2) is 5.82 Å². The standard InChI is InChI=1S/C25H31ClN6O2S/c1-15-16(2)35-25-22(15)23(18-4-6-19(26)7-5-18)28-20(24-30-29-17(3)32(24)25)14-21(33)27-8-9-31-10-12-34-13-11-31/h4-7,20,23,28H,8-14H2,1-3H3,(H,27,33)/t20-,23?/m0/s1. The van der Waals surface area contributed by atoms with Crippen LogP contribution in [0, 0.1) is 20.8 Å². The smallest absolute Gasteiger partial charge is 0.222 e. The van der Waals surface area contributed by atoms with Gasteiger partial charge in [0.2, 0.25) is 5.91 Å². The van der Waals surface area contributed by atoms with Crippen LogP contribution < -0.4 is 10.6 Å². The van der Waals surface area contributed by atoms with Crippen LogP contribution in [0.4, 0.5) is 0 Å². The maximum absolute atomic E-state index is 13.0. The minimum absolute atomic E-state index is 0.00373. The van der Waals surface area contributed by atoms with Gasteiger partial charge in [-0.15, -0.1) is 21.5 Å². The molecule has 2 atom stereocenters. The summed E-state index contributed by atoms with van der Waals surface area (Å²) in [5.74, 6) is 1.58. The van der Waals surface area contributed by atoms with E-state index < -0.39 is 0 Å². The Morgan fingerprint density at radius 3 is 2.69 bits per heavy atom. The van der Waals surface area contributed by atoms with Crippen molar-refractivity contribution >= 4 is 28.8 Å². The lowest BCUT2D eigenvalue weighted by molar-refractivity contribution is -0.121. The zero-order valence-electron chi connectivity index (χ0n) is 20.3. The monoisotopic (exact) mass is 514 g/mol. The lowest BCUT2D eigenvalue weighted by Crippen LogP contribution is -2.42. The van der Waals surface area contributed by atoms with Crippen LogP contribution in [0.2, 0.25) is 5.02 Å². The Balaban J connectivity index is 1.42. The van der Waals surface area contributed by atoms with Crippen LogP contribution in [0.1, 0.15) is 51.7 Å². The van der Waals surface area contributed by atoms with Gasteiger partial charge >= 0.3 is 0 Å². The van der Waals surface area contributed by atoms with Gasteiger partial charge in [-0.05, 0) is 44.0 Å². The predicted molar refractivity (Wildman–Crippen MR) is 138 cm³/mol. The first-order valence-electron chi connectivity index (χ1n) is 12.0. The molecule has 3 aromatic rings. The first-order valence-corrected chi connectivity index (χ1v) is 13.2. The van der Waals surface area contributed by atoms with Crippen LogP contribution in [0.25, 0.3) is 5.00 Å². The van der Waals surface area contributed by atoms with Crippen LogP contribution in [0.15, 0.2) is 24.3 Å². The zero-order valence-corrected chi connectivity index (χ0v) is 21.9. The molecule has 0 spiro atoms. The average molecular weight is 515 g/mol. The summed E-state index contributed by atoms with van der Waals surface area (Å²) in [6, 6.07) is 7.54. The molecule has 5 rings (SSSR count). The van der Waals surface area contributed by atoms with Gasteiger partial charge in [0, 0.05) is 48.1 Å². The highest BCUT2D eigenvalue weighted by Gasteiger charge is 2.35. The number of amides is 1. The summed E-state index contributed by atoms with van der Waals surface area (Å²) in [6.45, 7) is 11.0. The van der Waals surface area contributed by atoms with Gasteiger partial charge < -0.3 is 10.1 Å². The number of fused-ring (bicyclic) bond motifs is 3. The molecule has 1 fully saturated rings. The highest BCUT2D eigenvalue weighted by molar-refractivity contribution is 7.14. The van der Waals surface area contributed by atoms with E-state index in [9.17, 15) is 4.79 Å². The second-order valence-electron chi connectivity index (χ2n) is 9.15. The van der Waals surface area contributed by atoms with Crippen molar-refractivity contribution in [3.63, 3.8) is 0 Å². The molecule has 186 valence electrons. The molecule has 2 aliphatic rings. The topological polar surface area (TPSA) is 84.3 Å². The van der Waals surface area contributed by atoms with E-state index in [0.717, 1.165) is 55.1 Å². The van der Waals surface area contributed by atoms with E-state index in [4.69, 9.17) is 16.3 Å². The van der Waals surface area contributed by atoms with Gasteiger partial charge in [-0.1, -0.05) is 23.7 Å². The molecule has 1 amide bonds. The second kappa shape index (κ2) is 10.4. The average Bonchev–Trinajstić information content (AvgIpc) is 3.32. The summed E-state index contributed by atoms with van der Waals surface area (Å²) >= 11 is 7.94. The molecular weight excluding hydrogens is 484 g/mol. The number of ether oxygens (including phenoxy) is 1. The Hall–Kier alpha value is -2.30. The number of hydrogen-bond acceptors (Lipinski definition) is 7. The third-order valence-electron chi connectivity index (χ3n) is 6.88. The van der Waals surface area contributed by atoms with Gasteiger partial charge in [-0.2, -0.15) is 0 Å². The number of thiophene rings is 1. The Kier molecular flexibility index (Phi) is 7.22. The molecule has 2 aliphatic heterocycles. The summed E-state index contributed by atoms with van der Waals surface area (Å²) in [4.78, 5) is 16.6. The van der Waals surface area contributed by atoms with Crippen molar-refractivity contribution in [1.29, 1.82) is 0 Å². The second-order valence-corrected chi connectivity index (χ2v) is 10.8. The van der Waals surface area contributed by atoms with Crippen molar-refractivity contribution < 1.29 is 9.53 Å². The minimum Gasteiger partial charge on any atom is -0.379 e. The van der Waals surface area contributed by atoms with E-state index >= 15 is 0 Å². The van der Waals surface area contributed by atoms with Crippen LogP contribution in [-0.4, -0.2) is 65.0 Å². The third kappa shape index (κ3) is 5.01. The van der Waals surface area contributed by atoms with E-state index in [1.807, 2.05) is 19.1 Å². The van der Waals surface area contributed by atoms with Crippen molar-refractivity contribution in [2.45, 2.75) is 39.3 Å². The molecule has 1 aromatic carbocycles. The van der Waals surface area contributed by atoms with Gasteiger partial charge in [-0.3, -0.25) is 19.6 Å². The highest BCUT2D eigenvalue weighted by atomic mass is 35.5. The number of nitrogens with one attached hydrogen (secondary N) is 2. The van der Waals surface area contributed by atoms with Gasteiger partial charge in [0.1, 0.15) is 10.8 Å². The summed E-state index contributed by atoms with van der Waals surface area (Å²) in [5.41, 5.74) is 3.55. The molecule has 8 nitrogen and oxygen atoms in total. The number of aryl methyl sites for hydroxylation is 2. The number of halogens is 1. The first-order chi connectivity index (χ1) is 16.9. The Labute approximate surface area is 214 Å². The Morgan fingerprint density at radius 2 is 1.94 bits per heavy atom. The lowest BCUT2D eigenvalue weighted by Gasteiger charge is -2.26. The lowest BCUT2D eigenvalue weighted by atomic mass is 9.96. The van der Waals surface area contributed by atoms with Gasteiger partial charge in [0.25, 0.3) is 0 Å². The maximum atomic E-state index is 13.0. The fraction of sp³-hybridized carbons (Fsp3) is 0.480. The molecule has 10 heteroatoms. The molecule has 0 bridgehead atoms. The van der Waals surface area contributed by atoms with Crippen LogP contribution in [-0.2, 0) is 9.53 Å². The molecule has 1 saturated heterocycles. The minimum atomic E-state index is -0.292. The van der Waals surface area contributed by atoms with Gasteiger partial charge in [-0.25, -0.2) is 0 Å². The number of carbonyl (C=O) groups excluding carboxylic acids is 1. The van der Waals surface area contributed by atoms with Crippen molar-refractivity contribution in [3.8, 4) is 5.00 Å². The molecule has 2 N–H and O–H groups in total. The molecule has 2 aromatic heterocycles. The summed E-state index contributed by atoms with van der Waals surface area (Å²) < 4.78 is 7.52. The quantitative estimate of drug-likeness (QED) is 0.524. The van der Waals surface area contributed by atoms with Crippen molar-refractivity contribution in [1.82, 2.24) is 30.3 Å². The Morgan fingerprint density at radius 1 is 1.20 bits per heavy atom. The fourth-order valence-corrected chi connectivity index (χ4v) is 6.23. The maximum Gasteiger partial charge on any atom is 0.222 e. The molecular formula is C25H31ClN6O2S. The molecule has 4 heterocycles. The van der Waals surface area contributed by atoms with E-state index in [-0.39, 0.29) is 24.4 Å². The predicted octanol–water partition coefficient (Wildman–Crippen LogP) is 3.48. The number of benzene rings is 1. The first kappa shape index (κ1) is 24.4. The largest absolute Gasteiger partial charge is 0.379 e. The van der Waals surface area contributed by atoms with E-state index in [1.165, 1.54) is 16.0 Å². The van der Waals surface area contributed by atoms with Crippen LogP contribution >= 0.6 is 22.9 Å². The highest BCUT2D eigenvalue weighted by Crippen LogP contribution is 2.43. The fourth-order valence-electron chi connectivity index (χ4n) is 4.85. The van der Waals surface area contributed by atoms with E-state index in [1.54, 1.807) is 11.3 Å². The van der Waals surface area contributed by atoms with Crippen molar-refractivity contribution in [2.24, 2.45) is 0 Å². The van der Waals surface area contributed by atoms with Crippen molar-refractivity contribution in [3.05, 3.63) is 62.5 Å². The van der Waals surface area contributed by atoms with E-state index in [2.05, 4.69) is 56.3 Å². The summed E-state index contributed by atoms with van der Waals surface area (Å²) in [6.07, 6.45) is 0.276. The number of rotatable bonds is 6. The zero-order chi connectivity index (χ0) is 24.5. The van der Waals surface area contributed by atoms with Crippen LogP contribution in [0.3, 0.4) is 0 Å². The number of aromatic nitrogens is 3. The summed E-state index contributed by atoms with van der Waals surface area (Å²) in [5, 5.41) is 17.6. The number of hydrogen-bond donors (Lipinski definition) is 2. The Bertz CT molecular complexity index is 1200. The normalized spacial score (nSPS) is 20.2. The van der Waals surface area contributed by atoms with E-state index in [0.29, 0.717) is 11.6 Å². The SMILES string of the molecule is Cc1sc2c(c1C)C(c1ccc(Cl)cc1)N[C@@H](CC(=O)NCCN1CCOCC1)c1nnc(C)n1-2. The molecule has 0 saturated carbocycles. The summed E-state index contributed by atoms with van der Waals surface area (Å²) in [7, 11) is 0. The molecule has 0 aliphatic carbocycles. The molecule has 1 unspecified atom stereocenters. The number of carbonyl (C=O) groups is 1. The van der Waals surface area contributed by atoms with Crippen molar-refractivity contribution in [2.75, 3.05) is 39.4 Å².